The fraction of sp³-hybridized carbons (Fsp3) is 0. The van der Waals surface area contributed by atoms with Gasteiger partial charge in [0.05, 0.1) is 0 Å². The predicted molar refractivity (Wildman–Crippen MR) is 241 cm³/mol. The highest BCUT2D eigenvalue weighted by Crippen LogP contribution is 2.48. The Morgan fingerprint density at radius 1 is 0.255 bits per heavy atom. The lowest BCUT2D eigenvalue weighted by Gasteiger charge is -2.19. The lowest BCUT2D eigenvalue weighted by molar-refractivity contribution is 1.66. The topological polar surface area (TPSA) is 0 Å². The van der Waals surface area contributed by atoms with Gasteiger partial charge in [-0.15, -0.1) is 11.3 Å². The van der Waals surface area contributed by atoms with E-state index in [1.54, 1.807) is 0 Å². The smallest absolute Gasteiger partial charge is 0.0440 e. The van der Waals surface area contributed by atoms with Gasteiger partial charge in [0, 0.05) is 25.6 Å². The van der Waals surface area contributed by atoms with Gasteiger partial charge in [-0.25, -0.2) is 0 Å². The van der Waals surface area contributed by atoms with Crippen LogP contribution in [0.2, 0.25) is 0 Å². The van der Waals surface area contributed by atoms with E-state index in [4.69, 9.17) is 0 Å². The first kappa shape index (κ1) is 30.6. The molecule has 11 aromatic carbocycles. The quantitative estimate of drug-likeness (QED) is 0.126. The molecule has 0 unspecified atom stereocenters. The van der Waals surface area contributed by atoms with Crippen molar-refractivity contribution in [3.8, 4) is 33.4 Å². The van der Waals surface area contributed by atoms with Crippen LogP contribution in [0, 0.1) is 0 Å². The molecule has 254 valence electrons. The zero-order chi connectivity index (χ0) is 36.0. The van der Waals surface area contributed by atoms with E-state index in [-0.39, 0.29) is 0 Å². The van der Waals surface area contributed by atoms with Crippen molar-refractivity contribution >= 4 is 96.1 Å². The number of rotatable bonds is 3. The molecular formula is C54H32S. The molecule has 0 radical (unpaired) electrons. The number of benzene rings is 11. The SMILES string of the molecule is c1ccc(-c2c3ccccc3c(-c3ccc(-c4ccc5c(ccc6c5sc5c7ccccc7c7ccccc7c65)c4)c4ccccc34)c3ccccc23)cc1. The van der Waals surface area contributed by atoms with Gasteiger partial charge in [-0.1, -0.05) is 188 Å². The Morgan fingerprint density at radius 2 is 0.745 bits per heavy atom. The van der Waals surface area contributed by atoms with Gasteiger partial charge in [0.25, 0.3) is 0 Å². The molecule has 0 aliphatic heterocycles. The summed E-state index contributed by atoms with van der Waals surface area (Å²) in [7, 11) is 0. The van der Waals surface area contributed by atoms with Gasteiger partial charge in [-0.3, -0.25) is 0 Å². The third-order valence-electron chi connectivity index (χ3n) is 11.8. The predicted octanol–water partition coefficient (Wildman–Crippen LogP) is 16.0. The molecule has 0 nitrogen and oxygen atoms in total. The molecule has 1 heterocycles. The van der Waals surface area contributed by atoms with E-state index in [1.165, 1.54) is 118 Å². The molecule has 0 spiro atoms. The Labute approximate surface area is 322 Å². The molecule has 12 rings (SSSR count). The zero-order valence-corrected chi connectivity index (χ0v) is 30.7. The minimum absolute atomic E-state index is 1.24. The lowest BCUT2D eigenvalue weighted by atomic mass is 9.84. The third kappa shape index (κ3) is 4.45. The van der Waals surface area contributed by atoms with Crippen molar-refractivity contribution in [2.45, 2.75) is 0 Å². The molecule has 12 aromatic rings. The van der Waals surface area contributed by atoms with Gasteiger partial charge in [0.2, 0.25) is 0 Å². The second-order valence-corrected chi connectivity index (χ2v) is 15.7. The highest BCUT2D eigenvalue weighted by atomic mass is 32.1. The van der Waals surface area contributed by atoms with Crippen LogP contribution < -0.4 is 0 Å². The number of fused-ring (bicyclic) bond motifs is 13. The molecule has 55 heavy (non-hydrogen) atoms. The lowest BCUT2D eigenvalue weighted by Crippen LogP contribution is -1.92. The van der Waals surface area contributed by atoms with Crippen LogP contribution in [0.4, 0.5) is 0 Å². The molecule has 0 saturated carbocycles. The fourth-order valence-corrected chi connectivity index (χ4v) is 10.9. The summed E-state index contributed by atoms with van der Waals surface area (Å²) in [5, 5.41) is 18.3. The molecule has 0 atom stereocenters. The Kier molecular flexibility index (Phi) is 6.60. The van der Waals surface area contributed by atoms with Crippen LogP contribution in [0.5, 0.6) is 0 Å². The van der Waals surface area contributed by atoms with Crippen LogP contribution in [0.25, 0.3) is 118 Å². The molecule has 0 bridgehead atoms. The average Bonchev–Trinajstić information content (AvgIpc) is 3.66. The summed E-state index contributed by atoms with van der Waals surface area (Å²) in [6.07, 6.45) is 0. The molecule has 0 aliphatic carbocycles. The van der Waals surface area contributed by atoms with Crippen molar-refractivity contribution in [2.75, 3.05) is 0 Å². The molecular weight excluding hydrogens is 681 g/mol. The van der Waals surface area contributed by atoms with Gasteiger partial charge < -0.3 is 0 Å². The molecule has 0 amide bonds. The third-order valence-corrected chi connectivity index (χ3v) is 13.1. The van der Waals surface area contributed by atoms with E-state index in [2.05, 4.69) is 194 Å². The van der Waals surface area contributed by atoms with Crippen molar-refractivity contribution in [1.29, 1.82) is 0 Å². The van der Waals surface area contributed by atoms with Crippen LogP contribution in [-0.4, -0.2) is 0 Å². The summed E-state index contributed by atoms with van der Waals surface area (Å²) < 4.78 is 2.73. The summed E-state index contributed by atoms with van der Waals surface area (Å²) >= 11 is 1.94. The second-order valence-electron chi connectivity index (χ2n) is 14.7. The Balaban J connectivity index is 1.07. The summed E-state index contributed by atoms with van der Waals surface area (Å²) in [5.41, 5.74) is 7.58. The van der Waals surface area contributed by atoms with Crippen molar-refractivity contribution in [3.05, 3.63) is 194 Å². The Morgan fingerprint density at radius 3 is 1.42 bits per heavy atom. The van der Waals surface area contributed by atoms with E-state index in [0.717, 1.165) is 0 Å². The molecule has 1 aromatic heterocycles. The average molecular weight is 713 g/mol. The van der Waals surface area contributed by atoms with Crippen LogP contribution in [0.3, 0.4) is 0 Å². The van der Waals surface area contributed by atoms with Crippen molar-refractivity contribution in [3.63, 3.8) is 0 Å². The monoisotopic (exact) mass is 712 g/mol. The van der Waals surface area contributed by atoms with E-state index in [0.29, 0.717) is 0 Å². The minimum Gasteiger partial charge on any atom is -0.134 e. The number of hydrogen-bond donors (Lipinski definition) is 0. The van der Waals surface area contributed by atoms with Gasteiger partial charge in [0.15, 0.2) is 0 Å². The molecule has 0 aliphatic rings. The van der Waals surface area contributed by atoms with Crippen LogP contribution in [-0.2, 0) is 0 Å². The maximum absolute atomic E-state index is 2.40. The van der Waals surface area contributed by atoms with Gasteiger partial charge in [-0.05, 0) is 98.7 Å². The van der Waals surface area contributed by atoms with E-state index < -0.39 is 0 Å². The Bertz CT molecular complexity index is 3480. The van der Waals surface area contributed by atoms with Crippen LogP contribution >= 0.6 is 11.3 Å². The van der Waals surface area contributed by atoms with Crippen LogP contribution in [0.1, 0.15) is 0 Å². The molecule has 0 saturated heterocycles. The summed E-state index contributed by atoms with van der Waals surface area (Å²) in [5.74, 6) is 0. The van der Waals surface area contributed by atoms with E-state index in [9.17, 15) is 0 Å². The molecule has 0 N–H and O–H groups in total. The zero-order valence-electron chi connectivity index (χ0n) is 29.9. The first-order valence-corrected chi connectivity index (χ1v) is 19.8. The normalized spacial score (nSPS) is 12.0. The molecule has 1 heteroatoms. The first-order chi connectivity index (χ1) is 27.3. The largest absolute Gasteiger partial charge is 0.134 e. The first-order valence-electron chi connectivity index (χ1n) is 19.0. The maximum atomic E-state index is 2.40. The fourth-order valence-electron chi connectivity index (χ4n) is 9.46. The van der Waals surface area contributed by atoms with Gasteiger partial charge in [0.1, 0.15) is 0 Å². The van der Waals surface area contributed by atoms with Crippen molar-refractivity contribution < 1.29 is 0 Å². The van der Waals surface area contributed by atoms with Gasteiger partial charge >= 0.3 is 0 Å². The van der Waals surface area contributed by atoms with Crippen LogP contribution in [0.15, 0.2) is 194 Å². The Hall–Kier alpha value is -6.80. The summed E-state index contributed by atoms with van der Waals surface area (Å²) in [4.78, 5) is 0. The van der Waals surface area contributed by atoms with Crippen molar-refractivity contribution in [2.24, 2.45) is 0 Å². The standard InChI is InChI=1S/C54H32S/c1-2-14-33(15-3-1)50-43-21-9-11-23-45(43)51(46-24-12-10-22-44(46)50)47-31-30-36(38-16-4-5-17-39(38)47)34-26-28-37-35(32-34)27-29-49-52-42-20-8-6-18-40(42)41-19-7-13-25-48(41)54(52)55-53(37)49/h1-32H. The summed E-state index contributed by atoms with van der Waals surface area (Å²) in [6, 6.07) is 72.0. The summed E-state index contributed by atoms with van der Waals surface area (Å²) in [6.45, 7) is 0. The number of hydrogen-bond acceptors (Lipinski definition) is 1. The molecule has 0 fully saturated rings. The van der Waals surface area contributed by atoms with E-state index >= 15 is 0 Å². The van der Waals surface area contributed by atoms with Crippen molar-refractivity contribution in [1.82, 2.24) is 0 Å². The van der Waals surface area contributed by atoms with Gasteiger partial charge in [-0.2, -0.15) is 0 Å². The second kappa shape index (κ2) is 11.9. The maximum Gasteiger partial charge on any atom is 0.0440 e. The number of thiophene rings is 1. The van der Waals surface area contributed by atoms with E-state index in [1.807, 2.05) is 11.3 Å². The highest BCUT2D eigenvalue weighted by molar-refractivity contribution is 7.27. The highest BCUT2D eigenvalue weighted by Gasteiger charge is 2.20. The minimum atomic E-state index is 1.24.